The first-order chi connectivity index (χ1) is 23.8. The van der Waals surface area contributed by atoms with Crippen molar-refractivity contribution in [2.24, 2.45) is 0 Å². The van der Waals surface area contributed by atoms with Crippen LogP contribution in [0.15, 0.2) is 170 Å². The molecule has 0 N–H and O–H groups in total. The summed E-state index contributed by atoms with van der Waals surface area (Å²) in [7, 11) is 0. The van der Waals surface area contributed by atoms with Gasteiger partial charge in [0, 0.05) is 49.4 Å². The summed E-state index contributed by atoms with van der Waals surface area (Å²) in [4.78, 5) is 10.1. The van der Waals surface area contributed by atoms with Gasteiger partial charge in [-0.2, -0.15) is 0 Å². The molecule has 0 saturated carbocycles. The molecule has 0 radical (unpaired) electrons. The summed E-state index contributed by atoms with van der Waals surface area (Å²) >= 11 is 0. The van der Waals surface area contributed by atoms with E-state index in [2.05, 4.69) is 161 Å². The smallest absolute Gasteiger partial charge is 0.160 e. The standard InChI is InChI=1S/C44H28N4/c1-3-13-29(14-4-1)42-35-18-7-10-20-37(35)45-44(46-42)30-23-25-32(26-24-30)48-38-21-11-8-17-33(38)34-27-28-40-41(43(34)48)36-19-9-12-22-39(36)47(40)31-15-5-2-6-16-31/h1-28H. The van der Waals surface area contributed by atoms with E-state index in [1.54, 1.807) is 0 Å². The Balaban J connectivity index is 1.21. The zero-order valence-corrected chi connectivity index (χ0v) is 26.0. The van der Waals surface area contributed by atoms with Gasteiger partial charge in [-0.05, 0) is 60.7 Å². The van der Waals surface area contributed by atoms with E-state index >= 15 is 0 Å². The van der Waals surface area contributed by atoms with Gasteiger partial charge in [0.05, 0.1) is 33.3 Å². The molecule has 0 aliphatic carbocycles. The first kappa shape index (κ1) is 26.7. The number of hydrogen-bond donors (Lipinski definition) is 0. The Hall–Kier alpha value is -6.52. The molecule has 224 valence electrons. The van der Waals surface area contributed by atoms with Crippen molar-refractivity contribution in [1.29, 1.82) is 0 Å². The van der Waals surface area contributed by atoms with Crippen molar-refractivity contribution in [1.82, 2.24) is 19.1 Å². The second kappa shape index (κ2) is 10.5. The van der Waals surface area contributed by atoms with Gasteiger partial charge in [-0.15, -0.1) is 0 Å². The van der Waals surface area contributed by atoms with Crippen molar-refractivity contribution in [3.8, 4) is 34.0 Å². The van der Waals surface area contributed by atoms with Crippen LogP contribution in [-0.4, -0.2) is 19.1 Å². The molecule has 3 heterocycles. The number of para-hydroxylation sites is 4. The van der Waals surface area contributed by atoms with Crippen molar-refractivity contribution in [3.05, 3.63) is 170 Å². The highest BCUT2D eigenvalue weighted by atomic mass is 15.0. The lowest BCUT2D eigenvalue weighted by atomic mass is 10.1. The SMILES string of the molecule is c1ccc(-c2nc(-c3ccc(-n4c5ccccc5c5ccc6c(c7ccccc7n6-c6ccccc6)c54)cc3)nc3ccccc23)cc1. The van der Waals surface area contributed by atoms with Crippen LogP contribution in [0.2, 0.25) is 0 Å². The normalized spacial score (nSPS) is 11.8. The van der Waals surface area contributed by atoms with Gasteiger partial charge in [-0.1, -0.05) is 109 Å². The van der Waals surface area contributed by atoms with E-state index in [4.69, 9.17) is 9.97 Å². The van der Waals surface area contributed by atoms with Gasteiger partial charge < -0.3 is 9.13 Å². The molecule has 0 aliphatic heterocycles. The van der Waals surface area contributed by atoms with E-state index < -0.39 is 0 Å². The van der Waals surface area contributed by atoms with Crippen LogP contribution in [0.3, 0.4) is 0 Å². The first-order valence-corrected chi connectivity index (χ1v) is 16.3. The highest BCUT2D eigenvalue weighted by Gasteiger charge is 2.21. The van der Waals surface area contributed by atoms with Crippen LogP contribution in [0.1, 0.15) is 0 Å². The van der Waals surface area contributed by atoms with Crippen LogP contribution in [0.4, 0.5) is 0 Å². The molecule has 3 aromatic heterocycles. The maximum Gasteiger partial charge on any atom is 0.160 e. The fraction of sp³-hybridized carbons (Fsp3) is 0. The van der Waals surface area contributed by atoms with E-state index in [0.29, 0.717) is 0 Å². The second-order valence-electron chi connectivity index (χ2n) is 12.2. The molecule has 0 spiro atoms. The Labute approximate surface area is 276 Å². The largest absolute Gasteiger partial charge is 0.309 e. The number of rotatable bonds is 4. The van der Waals surface area contributed by atoms with E-state index in [0.717, 1.165) is 44.9 Å². The van der Waals surface area contributed by atoms with Gasteiger partial charge >= 0.3 is 0 Å². The first-order valence-electron chi connectivity index (χ1n) is 16.3. The maximum atomic E-state index is 5.12. The molecular formula is C44H28N4. The number of nitrogens with zero attached hydrogens (tertiary/aromatic N) is 4. The minimum atomic E-state index is 0.717. The van der Waals surface area contributed by atoms with Gasteiger partial charge in [0.1, 0.15) is 0 Å². The van der Waals surface area contributed by atoms with Gasteiger partial charge in [-0.25, -0.2) is 9.97 Å². The lowest BCUT2D eigenvalue weighted by molar-refractivity contribution is 1.17. The fourth-order valence-corrected chi connectivity index (χ4v) is 7.41. The molecule has 0 bridgehead atoms. The van der Waals surface area contributed by atoms with E-state index in [9.17, 15) is 0 Å². The third-order valence-electron chi connectivity index (χ3n) is 9.52. The summed E-state index contributed by atoms with van der Waals surface area (Å²) in [5.74, 6) is 0.717. The van der Waals surface area contributed by atoms with Crippen molar-refractivity contribution in [2.75, 3.05) is 0 Å². The van der Waals surface area contributed by atoms with Gasteiger partial charge in [-0.3, -0.25) is 0 Å². The number of benzene rings is 7. The molecule has 0 saturated heterocycles. The third-order valence-corrected chi connectivity index (χ3v) is 9.52. The molecule has 0 amide bonds. The molecule has 4 nitrogen and oxygen atoms in total. The van der Waals surface area contributed by atoms with Crippen molar-refractivity contribution < 1.29 is 0 Å². The molecular weight excluding hydrogens is 585 g/mol. The predicted molar refractivity (Wildman–Crippen MR) is 199 cm³/mol. The molecule has 10 aromatic rings. The summed E-state index contributed by atoms with van der Waals surface area (Å²) in [6, 6.07) is 60.0. The molecule has 4 heteroatoms. The highest BCUT2D eigenvalue weighted by Crippen LogP contribution is 2.42. The van der Waals surface area contributed by atoms with Crippen LogP contribution in [0.5, 0.6) is 0 Å². The predicted octanol–water partition coefficient (Wildman–Crippen LogP) is 11.2. The van der Waals surface area contributed by atoms with Crippen LogP contribution < -0.4 is 0 Å². The van der Waals surface area contributed by atoms with E-state index in [-0.39, 0.29) is 0 Å². The quantitative estimate of drug-likeness (QED) is 0.198. The van der Waals surface area contributed by atoms with E-state index in [1.807, 2.05) is 18.2 Å². The summed E-state index contributed by atoms with van der Waals surface area (Å²) < 4.78 is 4.81. The Morgan fingerprint density at radius 2 is 0.958 bits per heavy atom. The van der Waals surface area contributed by atoms with Crippen molar-refractivity contribution in [3.63, 3.8) is 0 Å². The van der Waals surface area contributed by atoms with E-state index in [1.165, 1.54) is 43.6 Å². The Morgan fingerprint density at radius 1 is 0.354 bits per heavy atom. The monoisotopic (exact) mass is 612 g/mol. The van der Waals surface area contributed by atoms with Gasteiger partial charge in [0.25, 0.3) is 0 Å². The van der Waals surface area contributed by atoms with Gasteiger partial charge in [0.15, 0.2) is 5.82 Å². The lowest BCUT2D eigenvalue weighted by Crippen LogP contribution is -1.97. The third kappa shape index (κ3) is 3.96. The fourth-order valence-electron chi connectivity index (χ4n) is 7.41. The average molecular weight is 613 g/mol. The van der Waals surface area contributed by atoms with Gasteiger partial charge in [0.2, 0.25) is 0 Å². The molecule has 7 aromatic carbocycles. The average Bonchev–Trinajstić information content (AvgIpc) is 3.68. The highest BCUT2D eigenvalue weighted by molar-refractivity contribution is 6.26. The Bertz CT molecular complexity index is 2810. The Morgan fingerprint density at radius 3 is 1.73 bits per heavy atom. The molecule has 0 fully saturated rings. The Kier molecular flexibility index (Phi) is 5.84. The summed E-state index contributed by atoms with van der Waals surface area (Å²) in [6.45, 7) is 0. The molecule has 48 heavy (non-hydrogen) atoms. The zero-order valence-electron chi connectivity index (χ0n) is 26.0. The second-order valence-corrected chi connectivity index (χ2v) is 12.2. The minimum Gasteiger partial charge on any atom is -0.309 e. The summed E-state index contributed by atoms with van der Waals surface area (Å²) in [6.07, 6.45) is 0. The zero-order chi connectivity index (χ0) is 31.6. The molecule has 10 rings (SSSR count). The van der Waals surface area contributed by atoms with Crippen LogP contribution in [0.25, 0.3) is 88.5 Å². The summed E-state index contributed by atoms with van der Waals surface area (Å²) in [5, 5.41) is 6.01. The van der Waals surface area contributed by atoms with Crippen LogP contribution >= 0.6 is 0 Å². The van der Waals surface area contributed by atoms with Crippen LogP contribution in [-0.2, 0) is 0 Å². The molecule has 0 aliphatic rings. The van der Waals surface area contributed by atoms with Crippen molar-refractivity contribution >= 4 is 54.5 Å². The number of hydrogen-bond acceptors (Lipinski definition) is 2. The summed E-state index contributed by atoms with van der Waals surface area (Å²) in [5.41, 5.74) is 11.0. The minimum absolute atomic E-state index is 0.717. The van der Waals surface area contributed by atoms with Crippen LogP contribution in [0, 0.1) is 0 Å². The topological polar surface area (TPSA) is 35.6 Å². The number of fused-ring (bicyclic) bond motifs is 8. The lowest BCUT2D eigenvalue weighted by Gasteiger charge is -2.12. The maximum absolute atomic E-state index is 5.12. The molecule has 0 atom stereocenters. The molecule has 0 unspecified atom stereocenters. The number of aromatic nitrogens is 4. The van der Waals surface area contributed by atoms with Crippen molar-refractivity contribution in [2.45, 2.75) is 0 Å².